The van der Waals surface area contributed by atoms with Crippen LogP contribution in [0, 0.1) is 24.2 Å². The van der Waals surface area contributed by atoms with Crippen molar-refractivity contribution < 1.29 is 14.9 Å². The number of nitriles is 1. The predicted molar refractivity (Wildman–Crippen MR) is 144 cm³/mol. The third-order valence-electron chi connectivity index (χ3n) is 6.96. The van der Waals surface area contributed by atoms with E-state index in [0.29, 0.717) is 17.4 Å². The summed E-state index contributed by atoms with van der Waals surface area (Å²) in [6.07, 6.45) is 2.15. The predicted octanol–water partition coefficient (Wildman–Crippen LogP) is 5.82. The molecule has 2 aromatic carbocycles. The molecule has 1 aliphatic carbocycles. The van der Waals surface area contributed by atoms with E-state index in [1.54, 1.807) is 6.07 Å². The van der Waals surface area contributed by atoms with E-state index in [0.717, 1.165) is 33.1 Å². The maximum Gasteiger partial charge on any atom is 0.206 e. The van der Waals surface area contributed by atoms with Gasteiger partial charge >= 0.3 is 0 Å². The zero-order chi connectivity index (χ0) is 26.3. The van der Waals surface area contributed by atoms with Crippen molar-refractivity contribution in [1.82, 2.24) is 10.3 Å². The van der Waals surface area contributed by atoms with E-state index < -0.39 is 12.6 Å². The van der Waals surface area contributed by atoms with Gasteiger partial charge in [0.05, 0.1) is 21.2 Å². The SMILES string of the molecule is Cc1cc(C2CCCC(C)C2)nc2ccc(Oc3c(Cl)cc(N4N=C(C#N)C(O)NC4O)cc3Cl)cc12. The molecule has 4 unspecified atom stereocenters. The van der Waals surface area contributed by atoms with E-state index in [2.05, 4.69) is 30.3 Å². The molecule has 0 radical (unpaired) electrons. The number of benzene rings is 2. The van der Waals surface area contributed by atoms with Crippen LogP contribution >= 0.6 is 23.2 Å². The van der Waals surface area contributed by atoms with E-state index in [1.807, 2.05) is 18.2 Å². The number of rotatable bonds is 4. The number of pyridine rings is 1. The fraction of sp³-hybridized carbons (Fsp3) is 0.370. The van der Waals surface area contributed by atoms with Gasteiger partial charge in [-0.1, -0.05) is 43.0 Å². The third-order valence-corrected chi connectivity index (χ3v) is 7.52. The summed E-state index contributed by atoms with van der Waals surface area (Å²) in [5.74, 6) is 2.04. The Bertz CT molecular complexity index is 1400. The molecule has 5 rings (SSSR count). The Hall–Kier alpha value is -2.93. The largest absolute Gasteiger partial charge is 0.454 e. The van der Waals surface area contributed by atoms with Crippen molar-refractivity contribution >= 4 is 45.5 Å². The first-order valence-corrected chi connectivity index (χ1v) is 13.0. The highest BCUT2D eigenvalue weighted by Crippen LogP contribution is 2.41. The molecule has 8 nitrogen and oxygen atoms in total. The van der Waals surface area contributed by atoms with Crippen LogP contribution in [0.15, 0.2) is 41.5 Å². The number of aryl methyl sites for hydroxylation is 1. The summed E-state index contributed by atoms with van der Waals surface area (Å²) in [6, 6.07) is 12.7. The Labute approximate surface area is 225 Å². The molecule has 1 saturated carbocycles. The van der Waals surface area contributed by atoms with E-state index >= 15 is 0 Å². The molecule has 37 heavy (non-hydrogen) atoms. The summed E-state index contributed by atoms with van der Waals surface area (Å²) in [5, 5.41) is 38.1. The Morgan fingerprint density at radius 2 is 1.89 bits per heavy atom. The van der Waals surface area contributed by atoms with Crippen LogP contribution in [0.5, 0.6) is 11.5 Å². The lowest BCUT2D eigenvalue weighted by atomic mass is 9.80. The molecule has 1 fully saturated rings. The first kappa shape index (κ1) is 25.7. The topological polar surface area (TPSA) is 114 Å². The number of aliphatic hydroxyl groups is 2. The molecular weight excluding hydrogens is 513 g/mol. The smallest absolute Gasteiger partial charge is 0.206 e. The maximum atomic E-state index is 10.2. The average molecular weight is 540 g/mol. The van der Waals surface area contributed by atoms with Crippen molar-refractivity contribution in [2.75, 3.05) is 5.01 Å². The van der Waals surface area contributed by atoms with Crippen LogP contribution in [0.4, 0.5) is 5.69 Å². The fourth-order valence-corrected chi connectivity index (χ4v) is 5.62. The van der Waals surface area contributed by atoms with Crippen molar-refractivity contribution in [3.8, 4) is 17.6 Å². The number of nitrogens with one attached hydrogen (secondary N) is 1. The highest BCUT2D eigenvalue weighted by atomic mass is 35.5. The summed E-state index contributed by atoms with van der Waals surface area (Å²) in [6.45, 7) is 4.41. The Kier molecular flexibility index (Phi) is 7.26. The Morgan fingerprint density at radius 3 is 2.59 bits per heavy atom. The molecule has 1 aromatic heterocycles. The van der Waals surface area contributed by atoms with Gasteiger partial charge in [0.1, 0.15) is 11.8 Å². The summed E-state index contributed by atoms with van der Waals surface area (Å²) in [7, 11) is 0. The third kappa shape index (κ3) is 5.24. The molecule has 0 amide bonds. The van der Waals surface area contributed by atoms with Gasteiger partial charge in [-0.25, -0.2) is 10.3 Å². The number of halogens is 2. The number of hydrogen-bond donors (Lipinski definition) is 3. The van der Waals surface area contributed by atoms with Crippen LogP contribution < -0.4 is 15.1 Å². The molecule has 3 aromatic rings. The van der Waals surface area contributed by atoms with Crippen LogP contribution in [-0.4, -0.2) is 33.5 Å². The van der Waals surface area contributed by atoms with E-state index in [4.69, 9.17) is 38.2 Å². The van der Waals surface area contributed by atoms with Gasteiger partial charge in [-0.05, 0) is 67.6 Å². The monoisotopic (exact) mass is 539 g/mol. The molecule has 2 aliphatic rings. The van der Waals surface area contributed by atoms with Crippen LogP contribution in [0.1, 0.15) is 49.8 Å². The van der Waals surface area contributed by atoms with Crippen LogP contribution in [-0.2, 0) is 0 Å². The molecule has 0 saturated heterocycles. The lowest BCUT2D eigenvalue weighted by Crippen LogP contribution is -2.55. The number of hydrazone groups is 1. The summed E-state index contributed by atoms with van der Waals surface area (Å²) >= 11 is 13.0. The fourth-order valence-electron chi connectivity index (χ4n) is 5.07. The summed E-state index contributed by atoms with van der Waals surface area (Å²) in [5.41, 5.74) is 3.32. The standard InChI is InChI=1S/C27H27Cl2N5O3/c1-14-4-3-5-16(8-14)23-9-15(2)19-12-18(6-7-22(19)31-23)37-25-20(28)10-17(11-21(25)29)34-27(36)32-26(35)24(13-30)33-34/h6-7,9-12,14,16,26-27,32,35-36H,3-5,8H2,1-2H3. The molecule has 10 heteroatoms. The molecule has 0 spiro atoms. The minimum absolute atomic E-state index is 0.186. The van der Waals surface area contributed by atoms with E-state index in [9.17, 15) is 10.2 Å². The second kappa shape index (κ2) is 10.4. The number of ether oxygens (including phenoxy) is 1. The van der Waals surface area contributed by atoms with E-state index in [1.165, 1.54) is 37.8 Å². The van der Waals surface area contributed by atoms with Gasteiger partial charge in [0, 0.05) is 17.0 Å². The summed E-state index contributed by atoms with van der Waals surface area (Å²) in [4.78, 5) is 4.97. The first-order chi connectivity index (χ1) is 17.7. The lowest BCUT2D eigenvalue weighted by molar-refractivity contribution is 0.0631. The minimum atomic E-state index is -1.39. The first-order valence-electron chi connectivity index (χ1n) is 12.2. The molecule has 3 N–H and O–H groups in total. The maximum absolute atomic E-state index is 10.2. The van der Waals surface area contributed by atoms with Gasteiger partial charge in [0.25, 0.3) is 0 Å². The lowest BCUT2D eigenvalue weighted by Gasteiger charge is -2.32. The average Bonchev–Trinajstić information content (AvgIpc) is 2.86. The number of hydrogen-bond acceptors (Lipinski definition) is 8. The minimum Gasteiger partial charge on any atom is -0.454 e. The number of aliphatic hydroxyl groups excluding tert-OH is 2. The van der Waals surface area contributed by atoms with Gasteiger partial charge in [-0.3, -0.25) is 4.98 Å². The number of aromatic nitrogens is 1. The second-order valence-corrected chi connectivity index (χ2v) is 10.6. The van der Waals surface area contributed by atoms with Crippen LogP contribution in [0.3, 0.4) is 0 Å². The quantitative estimate of drug-likeness (QED) is 0.382. The van der Waals surface area contributed by atoms with Gasteiger partial charge in [-0.15, -0.1) is 0 Å². The zero-order valence-electron chi connectivity index (χ0n) is 20.4. The van der Waals surface area contributed by atoms with Crippen LogP contribution in [0.25, 0.3) is 10.9 Å². The van der Waals surface area contributed by atoms with Gasteiger partial charge in [-0.2, -0.15) is 10.4 Å². The van der Waals surface area contributed by atoms with Crippen LogP contribution in [0.2, 0.25) is 10.0 Å². The van der Waals surface area contributed by atoms with Gasteiger partial charge in [0.15, 0.2) is 17.7 Å². The number of anilines is 1. The molecular formula is C27H27Cl2N5O3. The molecule has 2 heterocycles. The van der Waals surface area contributed by atoms with E-state index in [-0.39, 0.29) is 21.5 Å². The van der Waals surface area contributed by atoms with Crippen molar-refractivity contribution in [3.05, 3.63) is 57.7 Å². The molecule has 1 aliphatic heterocycles. The zero-order valence-corrected chi connectivity index (χ0v) is 22.0. The summed E-state index contributed by atoms with van der Waals surface area (Å²) < 4.78 is 6.08. The van der Waals surface area contributed by atoms with Crippen molar-refractivity contribution in [2.24, 2.45) is 11.0 Å². The van der Waals surface area contributed by atoms with Gasteiger partial charge < -0.3 is 14.9 Å². The number of nitrogens with zero attached hydrogens (tertiary/aromatic N) is 4. The molecule has 0 bridgehead atoms. The van der Waals surface area contributed by atoms with Crippen molar-refractivity contribution in [2.45, 2.75) is 58.0 Å². The second-order valence-electron chi connectivity index (χ2n) is 9.74. The van der Waals surface area contributed by atoms with Crippen molar-refractivity contribution in [1.29, 1.82) is 5.26 Å². The Morgan fingerprint density at radius 1 is 1.14 bits per heavy atom. The Balaban J connectivity index is 1.42. The van der Waals surface area contributed by atoms with Gasteiger partial charge in [0.2, 0.25) is 6.35 Å². The number of fused-ring (bicyclic) bond motifs is 1. The highest BCUT2D eigenvalue weighted by Gasteiger charge is 2.29. The normalized spacial score (nSPS) is 24.0. The molecule has 4 atom stereocenters. The molecule has 192 valence electrons. The highest BCUT2D eigenvalue weighted by molar-refractivity contribution is 6.37. The van der Waals surface area contributed by atoms with Crippen molar-refractivity contribution in [3.63, 3.8) is 0 Å².